The summed E-state index contributed by atoms with van der Waals surface area (Å²) in [6.07, 6.45) is 0.543. The van der Waals surface area contributed by atoms with E-state index in [1.165, 1.54) is 16.4 Å². The molecule has 1 heterocycles. The fourth-order valence-electron chi connectivity index (χ4n) is 2.73. The largest absolute Gasteiger partial charge is 0.264 e. The number of nitrogens with zero attached hydrogens (tertiary/aromatic N) is 1. The average molecular weight is 431 g/mol. The standard InChI is InChI=1S/C16H15FINO2S/c1-11-2-5-15(6-3-11)22(20,21)19-14(10-18)9-12-8-13(17)4-7-16(12)19/h2-8,14H,9-10H2,1H3. The summed E-state index contributed by atoms with van der Waals surface area (Å²) in [5, 5.41) is 0. The number of anilines is 1. The molecule has 0 spiro atoms. The van der Waals surface area contributed by atoms with Crippen molar-refractivity contribution in [1.29, 1.82) is 0 Å². The molecule has 0 amide bonds. The minimum atomic E-state index is -3.64. The lowest BCUT2D eigenvalue weighted by Crippen LogP contribution is -2.38. The molecular formula is C16H15FINO2S. The molecule has 0 radical (unpaired) electrons. The quantitative estimate of drug-likeness (QED) is 0.549. The van der Waals surface area contributed by atoms with Gasteiger partial charge < -0.3 is 0 Å². The molecule has 22 heavy (non-hydrogen) atoms. The van der Waals surface area contributed by atoms with Crippen LogP contribution in [0.1, 0.15) is 11.1 Å². The van der Waals surface area contributed by atoms with Crippen LogP contribution in [0.5, 0.6) is 0 Å². The van der Waals surface area contributed by atoms with E-state index in [9.17, 15) is 12.8 Å². The summed E-state index contributed by atoms with van der Waals surface area (Å²) in [5.41, 5.74) is 2.34. The Bertz CT molecular complexity index is 805. The van der Waals surface area contributed by atoms with E-state index in [0.29, 0.717) is 16.5 Å². The van der Waals surface area contributed by atoms with Crippen molar-refractivity contribution in [3.05, 3.63) is 59.4 Å². The highest BCUT2D eigenvalue weighted by Crippen LogP contribution is 2.37. The molecule has 1 atom stereocenters. The summed E-state index contributed by atoms with van der Waals surface area (Å²) in [7, 11) is -3.64. The topological polar surface area (TPSA) is 37.4 Å². The first-order chi connectivity index (χ1) is 10.4. The average Bonchev–Trinajstić information content (AvgIpc) is 2.85. The monoisotopic (exact) mass is 431 g/mol. The van der Waals surface area contributed by atoms with Crippen LogP contribution in [0.25, 0.3) is 0 Å². The molecule has 1 aliphatic heterocycles. The molecule has 0 bridgehead atoms. The SMILES string of the molecule is Cc1ccc(S(=O)(=O)N2c3ccc(F)cc3CC2CI)cc1. The first kappa shape index (κ1) is 15.7. The second kappa shape index (κ2) is 5.81. The van der Waals surface area contributed by atoms with Crippen LogP contribution in [0.4, 0.5) is 10.1 Å². The first-order valence-electron chi connectivity index (χ1n) is 6.89. The van der Waals surface area contributed by atoms with Crippen LogP contribution in [0, 0.1) is 12.7 Å². The van der Waals surface area contributed by atoms with E-state index < -0.39 is 10.0 Å². The summed E-state index contributed by atoms with van der Waals surface area (Å²) >= 11 is 2.18. The highest BCUT2D eigenvalue weighted by Gasteiger charge is 2.37. The number of hydrogen-bond acceptors (Lipinski definition) is 2. The van der Waals surface area contributed by atoms with Gasteiger partial charge in [0.25, 0.3) is 10.0 Å². The Hall–Kier alpha value is -1.15. The molecule has 0 fully saturated rings. The Morgan fingerprint density at radius 1 is 1.23 bits per heavy atom. The van der Waals surface area contributed by atoms with Gasteiger partial charge >= 0.3 is 0 Å². The highest BCUT2D eigenvalue weighted by molar-refractivity contribution is 14.1. The lowest BCUT2D eigenvalue weighted by Gasteiger charge is -2.25. The highest BCUT2D eigenvalue weighted by atomic mass is 127. The van der Waals surface area contributed by atoms with Gasteiger partial charge in [0.05, 0.1) is 16.6 Å². The third-order valence-corrected chi connectivity index (χ3v) is 6.72. The van der Waals surface area contributed by atoms with E-state index in [0.717, 1.165) is 11.1 Å². The smallest absolute Gasteiger partial charge is 0.262 e. The van der Waals surface area contributed by atoms with Gasteiger partial charge in [-0.25, -0.2) is 12.8 Å². The fourth-order valence-corrected chi connectivity index (χ4v) is 5.39. The van der Waals surface area contributed by atoms with Crippen molar-refractivity contribution in [3.8, 4) is 0 Å². The minimum absolute atomic E-state index is 0.177. The van der Waals surface area contributed by atoms with E-state index in [1.54, 1.807) is 30.3 Å². The maximum atomic E-state index is 13.4. The van der Waals surface area contributed by atoms with Gasteiger partial charge in [0.15, 0.2) is 0 Å². The van der Waals surface area contributed by atoms with Crippen molar-refractivity contribution in [2.75, 3.05) is 8.73 Å². The predicted octanol–water partition coefficient (Wildman–Crippen LogP) is 3.69. The zero-order valence-electron chi connectivity index (χ0n) is 12.0. The minimum Gasteiger partial charge on any atom is -0.262 e. The van der Waals surface area contributed by atoms with Gasteiger partial charge in [-0.1, -0.05) is 40.3 Å². The Labute approximate surface area is 143 Å². The molecule has 1 unspecified atom stereocenters. The number of halogens is 2. The summed E-state index contributed by atoms with van der Waals surface area (Å²) < 4.78 is 41.5. The number of rotatable bonds is 3. The summed E-state index contributed by atoms with van der Waals surface area (Å²) in [6.45, 7) is 1.91. The van der Waals surface area contributed by atoms with Gasteiger partial charge in [-0.15, -0.1) is 0 Å². The van der Waals surface area contributed by atoms with E-state index in [1.807, 2.05) is 6.92 Å². The van der Waals surface area contributed by atoms with Crippen LogP contribution in [0.2, 0.25) is 0 Å². The lowest BCUT2D eigenvalue weighted by molar-refractivity contribution is 0.585. The second-order valence-electron chi connectivity index (χ2n) is 5.40. The maximum absolute atomic E-state index is 13.4. The molecule has 2 aromatic rings. The predicted molar refractivity (Wildman–Crippen MR) is 93.6 cm³/mol. The van der Waals surface area contributed by atoms with Crippen molar-refractivity contribution in [2.24, 2.45) is 0 Å². The van der Waals surface area contributed by atoms with Crippen LogP contribution in [0.3, 0.4) is 0 Å². The Morgan fingerprint density at radius 2 is 1.91 bits per heavy atom. The third-order valence-electron chi connectivity index (χ3n) is 3.82. The van der Waals surface area contributed by atoms with Crippen molar-refractivity contribution >= 4 is 38.3 Å². The van der Waals surface area contributed by atoms with Gasteiger partial charge in [-0.2, -0.15) is 0 Å². The molecular weight excluding hydrogens is 416 g/mol. The lowest BCUT2D eigenvalue weighted by atomic mass is 10.1. The zero-order chi connectivity index (χ0) is 15.9. The summed E-state index contributed by atoms with van der Waals surface area (Å²) in [4.78, 5) is 0.269. The molecule has 3 nitrogen and oxygen atoms in total. The van der Waals surface area contributed by atoms with Gasteiger partial charge in [0.1, 0.15) is 5.82 Å². The normalized spacial score (nSPS) is 17.6. The van der Waals surface area contributed by atoms with Gasteiger partial charge in [0, 0.05) is 4.43 Å². The van der Waals surface area contributed by atoms with Crippen molar-refractivity contribution in [2.45, 2.75) is 24.3 Å². The fraction of sp³-hybridized carbons (Fsp3) is 0.250. The molecule has 1 aliphatic rings. The van der Waals surface area contributed by atoms with Crippen LogP contribution in [-0.2, 0) is 16.4 Å². The van der Waals surface area contributed by atoms with Crippen molar-refractivity contribution in [3.63, 3.8) is 0 Å². The first-order valence-corrected chi connectivity index (χ1v) is 9.85. The summed E-state index contributed by atoms with van der Waals surface area (Å²) in [5.74, 6) is -0.333. The second-order valence-corrected chi connectivity index (χ2v) is 8.09. The Balaban J connectivity index is 2.11. The molecule has 0 saturated heterocycles. The number of hydrogen-bond donors (Lipinski definition) is 0. The van der Waals surface area contributed by atoms with Crippen LogP contribution < -0.4 is 4.31 Å². The van der Waals surface area contributed by atoms with Crippen LogP contribution in [-0.4, -0.2) is 18.9 Å². The molecule has 3 rings (SSSR count). The molecule has 0 N–H and O–H groups in total. The van der Waals surface area contributed by atoms with Gasteiger partial charge in [-0.05, 0) is 49.2 Å². The molecule has 0 aromatic heterocycles. The Kier molecular flexibility index (Phi) is 4.15. The third kappa shape index (κ3) is 2.62. The number of fused-ring (bicyclic) bond motifs is 1. The van der Waals surface area contributed by atoms with E-state index in [4.69, 9.17) is 0 Å². The molecule has 0 saturated carbocycles. The summed E-state index contributed by atoms with van der Waals surface area (Å²) in [6, 6.07) is 10.9. The van der Waals surface area contributed by atoms with E-state index >= 15 is 0 Å². The van der Waals surface area contributed by atoms with Crippen molar-refractivity contribution in [1.82, 2.24) is 0 Å². The molecule has 0 aliphatic carbocycles. The number of benzene rings is 2. The zero-order valence-corrected chi connectivity index (χ0v) is 14.9. The van der Waals surface area contributed by atoms with Gasteiger partial charge in [-0.3, -0.25) is 4.31 Å². The van der Waals surface area contributed by atoms with E-state index in [-0.39, 0.29) is 16.8 Å². The van der Waals surface area contributed by atoms with Gasteiger partial charge in [0.2, 0.25) is 0 Å². The molecule has 6 heteroatoms. The molecule has 2 aromatic carbocycles. The van der Waals surface area contributed by atoms with E-state index in [2.05, 4.69) is 22.6 Å². The maximum Gasteiger partial charge on any atom is 0.264 e. The Morgan fingerprint density at radius 3 is 2.55 bits per heavy atom. The van der Waals surface area contributed by atoms with Crippen LogP contribution in [0.15, 0.2) is 47.4 Å². The van der Waals surface area contributed by atoms with Crippen LogP contribution >= 0.6 is 22.6 Å². The number of aryl methyl sites for hydroxylation is 1. The number of alkyl halides is 1. The molecule has 116 valence electrons. The van der Waals surface area contributed by atoms with Crippen molar-refractivity contribution < 1.29 is 12.8 Å². The number of sulfonamides is 1.